The van der Waals surface area contributed by atoms with Crippen molar-refractivity contribution in [2.75, 3.05) is 24.6 Å². The van der Waals surface area contributed by atoms with Crippen LogP contribution in [-0.2, 0) is 11.3 Å². The van der Waals surface area contributed by atoms with E-state index in [0.29, 0.717) is 0 Å². The zero-order valence-corrected chi connectivity index (χ0v) is 11.9. The second kappa shape index (κ2) is 5.10. The van der Waals surface area contributed by atoms with Crippen LogP contribution in [0.2, 0.25) is 0 Å². The molecular formula is C15H23N3O. The Bertz CT molecular complexity index is 443. The monoisotopic (exact) mass is 261 g/mol. The van der Waals surface area contributed by atoms with Gasteiger partial charge < -0.3 is 15.0 Å². The number of nitrogens with one attached hydrogen (secondary N) is 1. The lowest BCUT2D eigenvalue weighted by Crippen LogP contribution is -2.48. The van der Waals surface area contributed by atoms with Gasteiger partial charge in [0.2, 0.25) is 0 Å². The van der Waals surface area contributed by atoms with Gasteiger partial charge in [-0.3, -0.25) is 0 Å². The predicted octanol–water partition coefficient (Wildman–Crippen LogP) is 1.95. The average Bonchev–Trinajstić information content (AvgIpc) is 3.20. The molecule has 1 N–H and O–H groups in total. The molecular weight excluding hydrogens is 238 g/mol. The molecule has 0 radical (unpaired) electrons. The van der Waals surface area contributed by atoms with Crippen molar-refractivity contribution in [1.82, 2.24) is 10.3 Å². The molecule has 0 bridgehead atoms. The van der Waals surface area contributed by atoms with Gasteiger partial charge in [0.1, 0.15) is 5.82 Å². The molecule has 0 atom stereocenters. The van der Waals surface area contributed by atoms with Crippen molar-refractivity contribution in [1.29, 1.82) is 0 Å². The first kappa shape index (κ1) is 12.9. The average molecular weight is 261 g/mol. The maximum absolute atomic E-state index is 5.75. The number of aromatic nitrogens is 1. The minimum absolute atomic E-state index is 0.0812. The summed E-state index contributed by atoms with van der Waals surface area (Å²) in [6, 6.07) is 7.04. The molecule has 1 aliphatic heterocycles. The molecule has 1 aliphatic carbocycles. The highest BCUT2D eigenvalue weighted by atomic mass is 16.5. The lowest BCUT2D eigenvalue weighted by molar-refractivity contribution is -0.0279. The van der Waals surface area contributed by atoms with E-state index in [1.54, 1.807) is 0 Å². The van der Waals surface area contributed by atoms with E-state index in [-0.39, 0.29) is 5.60 Å². The normalized spacial score (nSPS) is 22.5. The minimum atomic E-state index is -0.0812. The number of ether oxygens (including phenoxy) is 1. The van der Waals surface area contributed by atoms with Crippen LogP contribution in [0.1, 0.15) is 32.4 Å². The molecule has 0 aromatic carbocycles. The van der Waals surface area contributed by atoms with E-state index >= 15 is 0 Å². The van der Waals surface area contributed by atoms with Gasteiger partial charge in [0.25, 0.3) is 0 Å². The van der Waals surface area contributed by atoms with Gasteiger partial charge in [0, 0.05) is 25.7 Å². The molecule has 1 saturated heterocycles. The summed E-state index contributed by atoms with van der Waals surface area (Å²) >= 11 is 0. The van der Waals surface area contributed by atoms with Crippen molar-refractivity contribution in [3.63, 3.8) is 0 Å². The third kappa shape index (κ3) is 3.45. The number of pyridine rings is 1. The molecule has 3 rings (SSSR count). The predicted molar refractivity (Wildman–Crippen MR) is 76.3 cm³/mol. The van der Waals surface area contributed by atoms with E-state index < -0.39 is 0 Å². The highest BCUT2D eigenvalue weighted by Gasteiger charge is 2.28. The Kier molecular flexibility index (Phi) is 3.46. The molecule has 0 spiro atoms. The van der Waals surface area contributed by atoms with Crippen LogP contribution in [0, 0.1) is 0 Å². The van der Waals surface area contributed by atoms with Gasteiger partial charge in [-0.1, -0.05) is 6.07 Å². The molecule has 104 valence electrons. The molecule has 2 aliphatic rings. The number of hydrogen-bond donors (Lipinski definition) is 1. The van der Waals surface area contributed by atoms with Crippen molar-refractivity contribution in [3.8, 4) is 0 Å². The summed E-state index contributed by atoms with van der Waals surface area (Å²) in [6.07, 6.45) is 2.63. The quantitative estimate of drug-likeness (QED) is 0.899. The fourth-order valence-corrected chi connectivity index (χ4v) is 2.49. The van der Waals surface area contributed by atoms with E-state index in [2.05, 4.69) is 42.3 Å². The maximum atomic E-state index is 5.75. The molecule has 4 heteroatoms. The molecule has 2 fully saturated rings. The van der Waals surface area contributed by atoms with E-state index in [4.69, 9.17) is 9.72 Å². The summed E-state index contributed by atoms with van der Waals surface area (Å²) in [5, 5.41) is 3.51. The number of morpholine rings is 1. The third-order valence-electron chi connectivity index (χ3n) is 3.69. The van der Waals surface area contributed by atoms with Gasteiger partial charge in [-0.05, 0) is 38.8 Å². The van der Waals surface area contributed by atoms with E-state index in [0.717, 1.165) is 43.8 Å². The van der Waals surface area contributed by atoms with Gasteiger partial charge in [-0.15, -0.1) is 0 Å². The standard InChI is InChI=1S/C15H23N3O/c1-15(2)11-18(8-9-19-15)14-5-3-4-13(17-14)10-16-12-6-7-12/h3-5,12,16H,6-11H2,1-2H3. The molecule has 0 amide bonds. The molecule has 4 nitrogen and oxygen atoms in total. The zero-order valence-electron chi connectivity index (χ0n) is 11.9. The van der Waals surface area contributed by atoms with Crippen molar-refractivity contribution in [3.05, 3.63) is 23.9 Å². The summed E-state index contributed by atoms with van der Waals surface area (Å²) in [6.45, 7) is 7.76. The van der Waals surface area contributed by atoms with Crippen LogP contribution in [-0.4, -0.2) is 36.3 Å². The number of rotatable bonds is 4. The second-order valence-corrected chi connectivity index (χ2v) is 6.17. The Labute approximate surface area is 115 Å². The van der Waals surface area contributed by atoms with E-state index in [1.807, 2.05) is 0 Å². The number of hydrogen-bond acceptors (Lipinski definition) is 4. The summed E-state index contributed by atoms with van der Waals surface area (Å²) in [5.74, 6) is 1.08. The largest absolute Gasteiger partial charge is 0.372 e. The lowest BCUT2D eigenvalue weighted by atomic mass is 10.1. The van der Waals surface area contributed by atoms with Crippen molar-refractivity contribution < 1.29 is 4.74 Å². The van der Waals surface area contributed by atoms with Crippen LogP contribution < -0.4 is 10.2 Å². The zero-order chi connectivity index (χ0) is 13.3. The highest BCUT2D eigenvalue weighted by molar-refractivity contribution is 5.40. The fourth-order valence-electron chi connectivity index (χ4n) is 2.49. The Hall–Kier alpha value is -1.13. The topological polar surface area (TPSA) is 37.4 Å². The van der Waals surface area contributed by atoms with Crippen LogP contribution in [0.25, 0.3) is 0 Å². The first-order valence-electron chi connectivity index (χ1n) is 7.21. The molecule has 1 aromatic heterocycles. The summed E-state index contributed by atoms with van der Waals surface area (Å²) in [4.78, 5) is 7.09. The van der Waals surface area contributed by atoms with Crippen molar-refractivity contribution >= 4 is 5.82 Å². The summed E-state index contributed by atoms with van der Waals surface area (Å²) in [7, 11) is 0. The maximum Gasteiger partial charge on any atom is 0.129 e. The van der Waals surface area contributed by atoms with Crippen molar-refractivity contribution in [2.24, 2.45) is 0 Å². The molecule has 1 aromatic rings. The summed E-state index contributed by atoms with van der Waals surface area (Å²) in [5.41, 5.74) is 1.05. The van der Waals surface area contributed by atoms with E-state index in [1.165, 1.54) is 12.8 Å². The highest BCUT2D eigenvalue weighted by Crippen LogP contribution is 2.22. The van der Waals surface area contributed by atoms with Gasteiger partial charge in [-0.25, -0.2) is 4.98 Å². The molecule has 2 heterocycles. The van der Waals surface area contributed by atoms with E-state index in [9.17, 15) is 0 Å². The van der Waals surface area contributed by atoms with Gasteiger partial charge in [-0.2, -0.15) is 0 Å². The van der Waals surface area contributed by atoms with Gasteiger partial charge >= 0.3 is 0 Å². The Morgan fingerprint density at radius 2 is 2.26 bits per heavy atom. The molecule has 1 saturated carbocycles. The SMILES string of the molecule is CC1(C)CN(c2cccc(CNC3CC3)n2)CCO1. The first-order valence-corrected chi connectivity index (χ1v) is 7.21. The van der Waals surface area contributed by atoms with Crippen LogP contribution in [0.3, 0.4) is 0 Å². The molecule has 19 heavy (non-hydrogen) atoms. The Morgan fingerprint density at radius 3 is 3.00 bits per heavy atom. The van der Waals surface area contributed by atoms with Crippen LogP contribution >= 0.6 is 0 Å². The van der Waals surface area contributed by atoms with Crippen LogP contribution in [0.15, 0.2) is 18.2 Å². The van der Waals surface area contributed by atoms with Gasteiger partial charge in [0.05, 0.1) is 17.9 Å². The minimum Gasteiger partial charge on any atom is -0.372 e. The number of nitrogens with zero attached hydrogens (tertiary/aromatic N) is 2. The van der Waals surface area contributed by atoms with Crippen LogP contribution in [0.4, 0.5) is 5.82 Å². The lowest BCUT2D eigenvalue weighted by Gasteiger charge is -2.38. The first-order chi connectivity index (χ1) is 9.12. The Morgan fingerprint density at radius 1 is 1.42 bits per heavy atom. The third-order valence-corrected chi connectivity index (χ3v) is 3.69. The fraction of sp³-hybridized carbons (Fsp3) is 0.667. The van der Waals surface area contributed by atoms with Crippen LogP contribution in [0.5, 0.6) is 0 Å². The molecule has 0 unspecified atom stereocenters. The Balaban J connectivity index is 1.67. The summed E-state index contributed by atoms with van der Waals surface area (Å²) < 4.78 is 5.75. The van der Waals surface area contributed by atoms with Gasteiger partial charge in [0.15, 0.2) is 0 Å². The smallest absolute Gasteiger partial charge is 0.129 e. The van der Waals surface area contributed by atoms with Crippen molar-refractivity contribution in [2.45, 2.75) is 44.9 Å². The number of anilines is 1. The second-order valence-electron chi connectivity index (χ2n) is 6.17.